The number of aliphatic hydroxyl groups excluding tert-OH is 1. The number of hydrogen-bond donors (Lipinski definition) is 2. The van der Waals surface area contributed by atoms with Gasteiger partial charge >= 0.3 is 0 Å². The molecule has 0 aliphatic rings. The minimum Gasteiger partial charge on any atom is -0.497 e. The van der Waals surface area contributed by atoms with E-state index < -0.39 is 5.54 Å². The van der Waals surface area contributed by atoms with Crippen LogP contribution in [0, 0.1) is 0 Å². The van der Waals surface area contributed by atoms with Crippen LogP contribution in [0.15, 0.2) is 24.5 Å². The molecule has 0 fully saturated rings. The van der Waals surface area contributed by atoms with E-state index in [9.17, 15) is 5.11 Å². The van der Waals surface area contributed by atoms with Crippen molar-refractivity contribution in [1.29, 1.82) is 0 Å². The first kappa shape index (κ1) is 12.6. The van der Waals surface area contributed by atoms with Gasteiger partial charge in [-0.3, -0.25) is 0 Å². The number of methoxy groups -OCH3 is 1. The van der Waals surface area contributed by atoms with E-state index in [1.807, 2.05) is 32.0 Å². The van der Waals surface area contributed by atoms with E-state index in [0.29, 0.717) is 5.82 Å². The molecule has 18 heavy (non-hydrogen) atoms. The van der Waals surface area contributed by atoms with Gasteiger partial charge in [0.25, 0.3) is 0 Å². The third-order valence-corrected chi connectivity index (χ3v) is 2.70. The van der Waals surface area contributed by atoms with Gasteiger partial charge in [0.15, 0.2) is 0 Å². The Kier molecular flexibility index (Phi) is 3.34. The molecule has 5 nitrogen and oxygen atoms in total. The molecule has 2 N–H and O–H groups in total. The van der Waals surface area contributed by atoms with Gasteiger partial charge in [-0.05, 0) is 26.0 Å². The van der Waals surface area contributed by atoms with Crippen molar-refractivity contribution in [1.82, 2.24) is 9.97 Å². The Morgan fingerprint density at radius 1 is 1.33 bits per heavy atom. The summed E-state index contributed by atoms with van der Waals surface area (Å²) in [6.07, 6.45) is 1.50. The van der Waals surface area contributed by atoms with Gasteiger partial charge in [-0.2, -0.15) is 0 Å². The summed E-state index contributed by atoms with van der Waals surface area (Å²) in [6, 6.07) is 5.63. The van der Waals surface area contributed by atoms with Crippen LogP contribution in [0.1, 0.15) is 13.8 Å². The molecular weight excluding hydrogens is 230 g/mol. The zero-order valence-electron chi connectivity index (χ0n) is 10.8. The first-order valence-corrected chi connectivity index (χ1v) is 5.73. The first-order valence-electron chi connectivity index (χ1n) is 5.73. The molecule has 0 atom stereocenters. The van der Waals surface area contributed by atoms with Crippen LogP contribution in [-0.2, 0) is 0 Å². The Hall–Kier alpha value is -1.88. The first-order chi connectivity index (χ1) is 8.55. The lowest BCUT2D eigenvalue weighted by Crippen LogP contribution is -2.35. The topological polar surface area (TPSA) is 67.3 Å². The van der Waals surface area contributed by atoms with Gasteiger partial charge in [-0.1, -0.05) is 0 Å². The molecule has 0 unspecified atom stereocenters. The van der Waals surface area contributed by atoms with Gasteiger partial charge in [-0.25, -0.2) is 9.97 Å². The van der Waals surface area contributed by atoms with Gasteiger partial charge < -0.3 is 15.2 Å². The van der Waals surface area contributed by atoms with E-state index in [1.165, 1.54) is 6.33 Å². The summed E-state index contributed by atoms with van der Waals surface area (Å²) in [4.78, 5) is 8.43. The summed E-state index contributed by atoms with van der Waals surface area (Å²) in [5.74, 6) is 1.47. The lowest BCUT2D eigenvalue weighted by molar-refractivity contribution is 0.234. The van der Waals surface area contributed by atoms with Crippen LogP contribution in [0.25, 0.3) is 10.9 Å². The number of hydrogen-bond acceptors (Lipinski definition) is 5. The predicted molar refractivity (Wildman–Crippen MR) is 70.9 cm³/mol. The van der Waals surface area contributed by atoms with Crippen LogP contribution in [0.3, 0.4) is 0 Å². The van der Waals surface area contributed by atoms with E-state index in [-0.39, 0.29) is 6.61 Å². The Morgan fingerprint density at radius 2 is 2.11 bits per heavy atom. The minimum absolute atomic E-state index is 0.0225. The van der Waals surface area contributed by atoms with Crippen molar-refractivity contribution < 1.29 is 9.84 Å². The smallest absolute Gasteiger partial charge is 0.137 e. The van der Waals surface area contributed by atoms with Gasteiger partial charge in [0.2, 0.25) is 0 Å². The van der Waals surface area contributed by atoms with E-state index in [2.05, 4.69) is 15.3 Å². The number of ether oxygens (including phenoxy) is 1. The summed E-state index contributed by atoms with van der Waals surface area (Å²) >= 11 is 0. The molecule has 5 heteroatoms. The molecule has 0 saturated heterocycles. The molecule has 0 spiro atoms. The maximum atomic E-state index is 9.28. The molecule has 1 heterocycles. The largest absolute Gasteiger partial charge is 0.497 e. The molecule has 0 aliphatic carbocycles. The second-order valence-electron chi connectivity index (χ2n) is 4.77. The SMILES string of the molecule is COc1ccc2c(NC(C)(C)CO)ncnc2c1. The van der Waals surface area contributed by atoms with Gasteiger partial charge in [-0.15, -0.1) is 0 Å². The summed E-state index contributed by atoms with van der Waals surface area (Å²) in [7, 11) is 1.62. The number of benzene rings is 1. The molecule has 1 aromatic heterocycles. The maximum Gasteiger partial charge on any atom is 0.137 e. The fourth-order valence-corrected chi connectivity index (χ4v) is 1.62. The number of rotatable bonds is 4. The second-order valence-corrected chi connectivity index (χ2v) is 4.77. The number of fused-ring (bicyclic) bond motifs is 1. The Bertz CT molecular complexity index is 555. The maximum absolute atomic E-state index is 9.28. The van der Waals surface area contributed by atoms with Crippen LogP contribution < -0.4 is 10.1 Å². The molecule has 96 valence electrons. The predicted octanol–water partition coefficient (Wildman–Crippen LogP) is 1.82. The fraction of sp³-hybridized carbons (Fsp3) is 0.385. The van der Waals surface area contributed by atoms with Crippen molar-refractivity contribution in [2.75, 3.05) is 19.0 Å². The van der Waals surface area contributed by atoms with Crippen LogP contribution in [0.2, 0.25) is 0 Å². The van der Waals surface area contributed by atoms with Crippen molar-refractivity contribution in [3.05, 3.63) is 24.5 Å². The number of aliphatic hydroxyl groups is 1. The normalized spacial score (nSPS) is 11.6. The van der Waals surface area contributed by atoms with E-state index in [4.69, 9.17) is 4.74 Å². The average Bonchev–Trinajstić information content (AvgIpc) is 2.38. The molecule has 0 radical (unpaired) electrons. The third kappa shape index (κ3) is 2.51. The van der Waals surface area contributed by atoms with Gasteiger partial charge in [0.1, 0.15) is 17.9 Å². The Labute approximate surface area is 106 Å². The Morgan fingerprint density at radius 3 is 2.78 bits per heavy atom. The van der Waals surface area contributed by atoms with Crippen molar-refractivity contribution in [3.63, 3.8) is 0 Å². The van der Waals surface area contributed by atoms with Crippen molar-refractivity contribution in [3.8, 4) is 5.75 Å². The van der Waals surface area contributed by atoms with E-state index >= 15 is 0 Å². The van der Waals surface area contributed by atoms with Crippen LogP contribution in [0.5, 0.6) is 5.75 Å². The summed E-state index contributed by atoms with van der Waals surface area (Å²) in [6.45, 7) is 3.84. The second kappa shape index (κ2) is 4.78. The van der Waals surface area contributed by atoms with E-state index in [1.54, 1.807) is 7.11 Å². The molecule has 2 rings (SSSR count). The van der Waals surface area contributed by atoms with Crippen LogP contribution in [0.4, 0.5) is 5.82 Å². The third-order valence-electron chi connectivity index (χ3n) is 2.70. The molecule has 0 saturated carbocycles. The zero-order chi connectivity index (χ0) is 13.2. The molecule has 2 aromatic rings. The number of nitrogens with zero attached hydrogens (tertiary/aromatic N) is 2. The number of anilines is 1. The molecule has 0 amide bonds. The number of aromatic nitrogens is 2. The zero-order valence-corrected chi connectivity index (χ0v) is 10.8. The van der Waals surface area contributed by atoms with Crippen LogP contribution in [-0.4, -0.2) is 34.3 Å². The lowest BCUT2D eigenvalue weighted by atomic mass is 10.1. The van der Waals surface area contributed by atoms with Crippen molar-refractivity contribution in [2.24, 2.45) is 0 Å². The minimum atomic E-state index is -0.429. The van der Waals surface area contributed by atoms with Crippen molar-refractivity contribution >= 4 is 16.7 Å². The number of nitrogens with one attached hydrogen (secondary N) is 1. The fourth-order valence-electron chi connectivity index (χ4n) is 1.62. The highest BCUT2D eigenvalue weighted by Crippen LogP contribution is 2.25. The van der Waals surface area contributed by atoms with Gasteiger partial charge in [0, 0.05) is 11.5 Å². The summed E-state index contributed by atoms with van der Waals surface area (Å²) in [5.41, 5.74) is 0.377. The van der Waals surface area contributed by atoms with Crippen molar-refractivity contribution in [2.45, 2.75) is 19.4 Å². The molecular formula is C13H17N3O2. The monoisotopic (exact) mass is 247 g/mol. The quantitative estimate of drug-likeness (QED) is 0.862. The summed E-state index contributed by atoms with van der Waals surface area (Å²) in [5, 5.41) is 13.4. The Balaban J connectivity index is 2.46. The highest BCUT2D eigenvalue weighted by atomic mass is 16.5. The highest BCUT2D eigenvalue weighted by molar-refractivity contribution is 5.89. The summed E-state index contributed by atoms with van der Waals surface area (Å²) < 4.78 is 5.16. The standard InChI is InChI=1S/C13H17N3O2/c1-13(2,7-17)16-12-10-5-4-9(18-3)6-11(10)14-8-15-12/h4-6,8,17H,7H2,1-3H3,(H,14,15,16). The molecule has 0 aliphatic heterocycles. The van der Waals surface area contributed by atoms with Crippen LogP contribution >= 0.6 is 0 Å². The average molecular weight is 247 g/mol. The van der Waals surface area contributed by atoms with E-state index in [0.717, 1.165) is 16.7 Å². The lowest BCUT2D eigenvalue weighted by Gasteiger charge is -2.24. The molecule has 0 bridgehead atoms. The highest BCUT2D eigenvalue weighted by Gasteiger charge is 2.17. The van der Waals surface area contributed by atoms with Gasteiger partial charge in [0.05, 0.1) is 24.8 Å². The molecule has 1 aromatic carbocycles.